The summed E-state index contributed by atoms with van der Waals surface area (Å²) in [5.74, 6) is 0. The number of nitro groups is 2. The van der Waals surface area contributed by atoms with Crippen molar-refractivity contribution in [3.05, 3.63) is 244 Å². The number of halogens is 4. The van der Waals surface area contributed by atoms with Crippen LogP contribution in [0.1, 0.15) is 125 Å². The number of likely N-dealkylation sites (N-methyl/N-ethyl adjacent to an activating group) is 2. The van der Waals surface area contributed by atoms with Gasteiger partial charge in [-0.25, -0.2) is 37.3 Å². The summed E-state index contributed by atoms with van der Waals surface area (Å²) in [6.45, 7) is 10.8. The van der Waals surface area contributed by atoms with Gasteiger partial charge in [-0.05, 0) is 165 Å². The Morgan fingerprint density at radius 1 is 0.479 bits per heavy atom. The van der Waals surface area contributed by atoms with Crippen molar-refractivity contribution in [3.8, 4) is 0 Å². The van der Waals surface area contributed by atoms with E-state index < -0.39 is 20.5 Å². The highest BCUT2D eigenvalue weighted by atomic mass is 79.9. The Bertz CT molecular complexity index is 4400. The Kier molecular flexibility index (Phi) is 18.6. The molecule has 0 N–H and O–H groups in total. The van der Waals surface area contributed by atoms with Crippen molar-refractivity contribution in [1.82, 2.24) is 0 Å². The molecule has 2 fully saturated rings. The molecule has 0 unspecified atom stereocenters. The first-order valence-corrected chi connectivity index (χ1v) is 35.8. The van der Waals surface area contributed by atoms with Crippen LogP contribution in [0.15, 0.2) is 190 Å². The summed E-state index contributed by atoms with van der Waals surface area (Å²) in [4.78, 5) is 28.6. The van der Waals surface area contributed by atoms with Gasteiger partial charge >= 0.3 is 0 Å². The first-order valence-electron chi connectivity index (χ1n) is 31.7. The SMILES string of the molecule is CN1/C(=C/C=C/C2=[N+](Cc3cccc4c(C[N+]5=C(/C=C/C=C6/N(C)c7cc(Br)c([N+](=O)[O-])cc7C67CCCCC7)C(C)(C)c6c5ccc5ccccc65)cccc34)c3ccc4ccccc4c3C2(C)C)C2(CCCCC2)c2cc([N+](=O)[O-])c(Br)cc21.[O-][Cl+3]([O-])([O-])[O-].[O-][Cl+3]([O-])([O-])[O-]. The van der Waals surface area contributed by atoms with Gasteiger partial charge in [-0.2, -0.15) is 9.15 Å². The highest BCUT2D eigenvalue weighted by Crippen LogP contribution is 2.59. The minimum absolute atomic E-state index is 0.118. The molecule has 4 aliphatic heterocycles. The maximum absolute atomic E-state index is 12.3. The fraction of sp³-hybridized carbons (Fsp3) is 0.297. The number of benzene rings is 8. The third-order valence-corrected chi connectivity index (χ3v) is 21.9. The van der Waals surface area contributed by atoms with Gasteiger partial charge in [-0.3, -0.25) is 20.2 Å². The van der Waals surface area contributed by atoms with Crippen LogP contribution in [-0.2, 0) is 34.7 Å². The van der Waals surface area contributed by atoms with Crippen LogP contribution in [0.5, 0.6) is 0 Å². The molecule has 18 nitrogen and oxygen atoms in total. The Labute approximate surface area is 577 Å². The van der Waals surface area contributed by atoms with Crippen molar-refractivity contribution in [3.63, 3.8) is 0 Å². The molecule has 496 valence electrons. The minimum Gasteiger partial charge on any atom is -0.347 e. The number of nitrogens with zero attached hydrogens (tertiary/aromatic N) is 6. The molecule has 96 heavy (non-hydrogen) atoms. The number of allylic oxidation sites excluding steroid dienone is 8. The first kappa shape index (κ1) is 68.4. The van der Waals surface area contributed by atoms with Crippen LogP contribution in [0.3, 0.4) is 0 Å². The zero-order chi connectivity index (χ0) is 68.6. The number of rotatable bonds is 10. The second-order valence-corrected chi connectivity index (χ2v) is 29.8. The van der Waals surface area contributed by atoms with Gasteiger partial charge < -0.3 is 9.80 Å². The molecule has 0 atom stereocenters. The van der Waals surface area contributed by atoms with E-state index in [1.54, 1.807) is 0 Å². The zero-order valence-corrected chi connectivity index (χ0v) is 58.4. The number of hydrogen-bond acceptors (Lipinski definition) is 14. The average Bonchev–Trinajstić information content (AvgIpc) is 1.59. The molecule has 2 saturated carbocycles. The quantitative estimate of drug-likeness (QED) is 0.0700. The molecule has 0 bridgehead atoms. The highest BCUT2D eigenvalue weighted by Gasteiger charge is 2.51. The van der Waals surface area contributed by atoms with E-state index >= 15 is 0 Å². The number of hydrogen-bond donors (Lipinski definition) is 0. The summed E-state index contributed by atoms with van der Waals surface area (Å²) in [7, 11) is -5.65. The summed E-state index contributed by atoms with van der Waals surface area (Å²) < 4.78 is 74.1. The van der Waals surface area contributed by atoms with Gasteiger partial charge in [0.05, 0.1) is 29.6 Å². The Hall–Kier alpha value is -7.54. The highest BCUT2D eigenvalue weighted by molar-refractivity contribution is 9.11. The van der Waals surface area contributed by atoms with Crippen molar-refractivity contribution in [2.45, 2.75) is 127 Å². The molecular formula is C74H70Br2Cl2N6O12. The molecular weight excluding hydrogens is 1400 g/mol. The third-order valence-electron chi connectivity index (χ3n) is 20.7. The van der Waals surface area contributed by atoms with Gasteiger partial charge in [0, 0.05) is 106 Å². The van der Waals surface area contributed by atoms with Crippen molar-refractivity contribution >= 4 is 110 Å². The van der Waals surface area contributed by atoms with Crippen LogP contribution in [-0.4, -0.2) is 44.5 Å². The Morgan fingerprint density at radius 2 is 0.823 bits per heavy atom. The number of fused-ring (bicyclic) bond motifs is 11. The Morgan fingerprint density at radius 3 is 1.18 bits per heavy atom. The van der Waals surface area contributed by atoms with E-state index in [-0.39, 0.29) is 42.9 Å². The van der Waals surface area contributed by atoms with E-state index in [4.69, 9.17) is 37.3 Å². The fourth-order valence-electron chi connectivity index (χ4n) is 16.7. The molecule has 0 aromatic heterocycles. The number of nitro benzene ring substituents is 2. The standard InChI is InChI=1S/C74H70Br2N6O4.2ClHO4/c1-71(2)65(29-19-31-67-73(37-13-7-14-38-73)55-41-63(81(83)84)57(75)43-61(55)77(67)5)79(59-35-33-47-21-9-11-25-53(47)69(59)71)45-49-23-17-28-52-50(24-18-27-51(49)52)46-80-60-36-34-48-22-10-12-26-54(48)70(60)72(3,4)66(80)30-20-32-68-74(39-15-8-16-40-74)56-42-64(82(85)86)58(76)44-62(56)78(68)6;2*2-1(3,4)5/h9-12,17-36,41-44H,7-8,13-16,37-40,45-46H2,1-6H3;2*(H,2,3,4,5)/q+2;;/p-2. The van der Waals surface area contributed by atoms with Crippen molar-refractivity contribution < 1.29 is 76.8 Å². The first-order chi connectivity index (χ1) is 45.4. The van der Waals surface area contributed by atoms with E-state index in [9.17, 15) is 20.2 Å². The van der Waals surface area contributed by atoms with E-state index in [0.29, 0.717) is 22.0 Å². The largest absolute Gasteiger partial charge is 0.347 e. The summed E-state index contributed by atoms with van der Waals surface area (Å²) in [5, 5.41) is 32.0. The minimum atomic E-state index is -4.94. The summed E-state index contributed by atoms with van der Waals surface area (Å²) in [6.07, 6.45) is 24.2. The van der Waals surface area contributed by atoms with Gasteiger partial charge in [0.1, 0.15) is 0 Å². The van der Waals surface area contributed by atoms with E-state index in [2.05, 4.69) is 238 Å². The second kappa shape index (κ2) is 26.0. The molecule has 8 aromatic carbocycles. The molecule has 14 rings (SSSR count). The lowest BCUT2D eigenvalue weighted by atomic mass is 9.68. The molecule has 0 saturated heterocycles. The second-order valence-electron chi connectivity index (χ2n) is 26.6. The van der Waals surface area contributed by atoms with Crippen LogP contribution < -0.4 is 47.1 Å². The van der Waals surface area contributed by atoms with Gasteiger partial charge in [-0.1, -0.05) is 136 Å². The Balaban J connectivity index is 0.000000822. The molecule has 0 amide bonds. The van der Waals surface area contributed by atoms with Crippen LogP contribution >= 0.6 is 31.9 Å². The topological polar surface area (TPSA) is 283 Å². The predicted octanol–water partition coefficient (Wildman–Crippen LogP) is 9.71. The molecule has 4 heterocycles. The van der Waals surface area contributed by atoms with E-state index in [1.807, 2.05) is 24.3 Å². The lowest BCUT2D eigenvalue weighted by Gasteiger charge is -2.36. The molecule has 22 heteroatoms. The molecule has 8 aromatic rings. The average molecular weight is 1470 g/mol. The zero-order valence-electron chi connectivity index (χ0n) is 53.7. The van der Waals surface area contributed by atoms with Crippen molar-refractivity contribution in [2.75, 3.05) is 23.9 Å². The molecule has 0 radical (unpaired) electrons. The van der Waals surface area contributed by atoms with E-state index in [1.165, 1.54) is 88.8 Å². The summed E-state index contributed by atoms with van der Waals surface area (Å²) >= 11 is 7.10. The monoisotopic (exact) mass is 1460 g/mol. The predicted molar refractivity (Wildman–Crippen MR) is 358 cm³/mol. The lowest BCUT2D eigenvalue weighted by molar-refractivity contribution is -2.00. The lowest BCUT2D eigenvalue weighted by Crippen LogP contribution is -2.68. The normalized spacial score (nSPS) is 19.0. The third kappa shape index (κ3) is 12.5. The number of anilines is 2. The maximum atomic E-state index is 12.3. The molecule has 2 spiro atoms. The molecule has 2 aliphatic carbocycles. The van der Waals surface area contributed by atoms with Gasteiger partial charge in [0.25, 0.3) is 11.4 Å². The van der Waals surface area contributed by atoms with Crippen molar-refractivity contribution in [1.29, 1.82) is 0 Å². The summed E-state index contributed by atoms with van der Waals surface area (Å²) in [6, 6.07) is 48.0. The van der Waals surface area contributed by atoms with Gasteiger partial charge in [0.15, 0.2) is 24.5 Å². The van der Waals surface area contributed by atoms with Gasteiger partial charge in [-0.15, -0.1) is 20.5 Å². The van der Waals surface area contributed by atoms with Crippen molar-refractivity contribution in [2.24, 2.45) is 0 Å². The van der Waals surface area contributed by atoms with Crippen LogP contribution in [0, 0.1) is 40.7 Å². The molecule has 6 aliphatic rings. The fourth-order valence-corrected chi connectivity index (χ4v) is 17.7. The maximum Gasteiger partial charge on any atom is 0.283 e. The van der Waals surface area contributed by atoms with E-state index in [0.717, 1.165) is 86.7 Å². The van der Waals surface area contributed by atoms with Crippen LogP contribution in [0.2, 0.25) is 0 Å². The van der Waals surface area contributed by atoms with Gasteiger partial charge in [0.2, 0.25) is 11.4 Å². The van der Waals surface area contributed by atoms with Crippen LogP contribution in [0.4, 0.5) is 34.1 Å². The van der Waals surface area contributed by atoms with Crippen LogP contribution in [0.25, 0.3) is 32.3 Å². The smallest absolute Gasteiger partial charge is 0.283 e. The summed E-state index contributed by atoms with van der Waals surface area (Å²) in [5.41, 5.74) is 15.4.